The van der Waals surface area contributed by atoms with Gasteiger partial charge in [-0.3, -0.25) is 14.6 Å². The lowest BCUT2D eigenvalue weighted by Gasteiger charge is -2.39. The minimum atomic E-state index is -0.450. The van der Waals surface area contributed by atoms with Gasteiger partial charge >= 0.3 is 0 Å². The first-order valence-corrected chi connectivity index (χ1v) is 10.1. The fraction of sp³-hybridized carbons (Fsp3) is 0.450. The summed E-state index contributed by atoms with van der Waals surface area (Å²) < 4.78 is 0. The Morgan fingerprint density at radius 3 is 2.81 bits per heavy atom. The van der Waals surface area contributed by atoms with Gasteiger partial charge in [0.05, 0.1) is 11.4 Å². The number of amides is 2. The maximum atomic E-state index is 13.1. The lowest BCUT2D eigenvalue weighted by Crippen LogP contribution is -2.57. The van der Waals surface area contributed by atoms with Gasteiger partial charge in [-0.1, -0.05) is 29.8 Å². The second-order valence-corrected chi connectivity index (χ2v) is 8.23. The van der Waals surface area contributed by atoms with E-state index in [-0.39, 0.29) is 11.8 Å². The fourth-order valence-corrected chi connectivity index (χ4v) is 4.98. The van der Waals surface area contributed by atoms with Gasteiger partial charge in [0.2, 0.25) is 5.91 Å². The van der Waals surface area contributed by atoms with Crippen molar-refractivity contribution < 1.29 is 9.59 Å². The quantitative estimate of drug-likeness (QED) is 0.802. The molecule has 27 heavy (non-hydrogen) atoms. The van der Waals surface area contributed by atoms with Crippen molar-refractivity contribution in [2.75, 3.05) is 26.2 Å². The third-order valence-electron chi connectivity index (χ3n) is 5.39. The summed E-state index contributed by atoms with van der Waals surface area (Å²) in [7, 11) is 0. The molecule has 0 unspecified atom stereocenters. The first-order valence-electron chi connectivity index (χ1n) is 9.31. The second-order valence-electron chi connectivity index (χ2n) is 7.26. The van der Waals surface area contributed by atoms with Crippen LogP contribution in [0.1, 0.15) is 25.0 Å². The van der Waals surface area contributed by atoms with Crippen LogP contribution in [0.4, 0.5) is 0 Å². The number of rotatable bonds is 3. The van der Waals surface area contributed by atoms with Gasteiger partial charge in [-0.15, -0.1) is 0 Å². The Morgan fingerprint density at radius 1 is 1.26 bits per heavy atom. The number of nitrogens with zero attached hydrogens (tertiary/aromatic N) is 4. The third kappa shape index (κ3) is 3.25. The fourth-order valence-electron chi connectivity index (χ4n) is 3.84. The van der Waals surface area contributed by atoms with Crippen LogP contribution in [0.3, 0.4) is 0 Å². The molecule has 6 nitrogen and oxygen atoms in total. The highest BCUT2D eigenvalue weighted by atomic mass is 32.2. The van der Waals surface area contributed by atoms with Crippen LogP contribution in [0, 0.1) is 6.92 Å². The molecule has 1 saturated heterocycles. The smallest absolute Gasteiger partial charge is 0.263 e. The van der Waals surface area contributed by atoms with Crippen LogP contribution in [-0.4, -0.2) is 63.9 Å². The minimum Gasteiger partial charge on any atom is -0.335 e. The van der Waals surface area contributed by atoms with Gasteiger partial charge in [-0.05, 0) is 38.1 Å². The minimum absolute atomic E-state index is 0.00944. The third-order valence-corrected chi connectivity index (χ3v) is 6.59. The van der Waals surface area contributed by atoms with Crippen molar-refractivity contribution in [3.8, 4) is 0 Å². The van der Waals surface area contributed by atoms with E-state index < -0.39 is 6.04 Å². The largest absolute Gasteiger partial charge is 0.335 e. The Kier molecular flexibility index (Phi) is 4.72. The van der Waals surface area contributed by atoms with Gasteiger partial charge < -0.3 is 14.7 Å². The maximum Gasteiger partial charge on any atom is 0.263 e. The molecule has 0 saturated carbocycles. The molecule has 1 aromatic rings. The molecule has 0 N–H and O–H groups in total. The van der Waals surface area contributed by atoms with Gasteiger partial charge in [-0.2, -0.15) is 0 Å². The number of aliphatic imine (C=N–C) groups is 1. The Balaban J connectivity index is 1.46. The van der Waals surface area contributed by atoms with Crippen molar-refractivity contribution in [1.82, 2.24) is 14.7 Å². The van der Waals surface area contributed by atoms with Crippen LogP contribution in [-0.2, 0) is 16.1 Å². The number of piperazine rings is 1. The van der Waals surface area contributed by atoms with Crippen LogP contribution in [0.25, 0.3) is 0 Å². The van der Waals surface area contributed by atoms with Gasteiger partial charge in [0, 0.05) is 31.9 Å². The first kappa shape index (κ1) is 18.1. The average Bonchev–Trinajstić information content (AvgIpc) is 3.22. The summed E-state index contributed by atoms with van der Waals surface area (Å²) in [5.74, 6) is -0.0409. The van der Waals surface area contributed by atoms with E-state index in [0.29, 0.717) is 24.5 Å². The summed E-state index contributed by atoms with van der Waals surface area (Å²) in [6, 6.07) is 7.76. The zero-order chi connectivity index (χ0) is 19.1. The molecule has 3 aliphatic heterocycles. The van der Waals surface area contributed by atoms with Crippen molar-refractivity contribution in [3.05, 3.63) is 46.0 Å². The molecule has 0 spiro atoms. The number of benzene rings is 1. The number of hydrogen-bond acceptors (Lipinski definition) is 5. The highest BCUT2D eigenvalue weighted by Gasteiger charge is 2.40. The molecule has 1 fully saturated rings. The molecule has 1 aromatic carbocycles. The zero-order valence-electron chi connectivity index (χ0n) is 15.9. The number of fused-ring (bicyclic) bond motifs is 1. The topological polar surface area (TPSA) is 56.2 Å². The van der Waals surface area contributed by atoms with Crippen molar-refractivity contribution >= 4 is 28.7 Å². The van der Waals surface area contributed by atoms with Crippen molar-refractivity contribution in [3.63, 3.8) is 0 Å². The van der Waals surface area contributed by atoms with Crippen LogP contribution < -0.4 is 0 Å². The second kappa shape index (κ2) is 7.03. The van der Waals surface area contributed by atoms with E-state index in [4.69, 9.17) is 0 Å². The van der Waals surface area contributed by atoms with Gasteiger partial charge in [0.25, 0.3) is 5.91 Å². The maximum absolute atomic E-state index is 13.1. The molecule has 0 bridgehead atoms. The van der Waals surface area contributed by atoms with E-state index in [0.717, 1.165) is 29.5 Å². The number of hydrogen-bond donors (Lipinski definition) is 0. The summed E-state index contributed by atoms with van der Waals surface area (Å²) in [6.45, 7) is 9.18. The monoisotopic (exact) mass is 384 g/mol. The molecule has 7 heteroatoms. The van der Waals surface area contributed by atoms with E-state index in [1.54, 1.807) is 4.90 Å². The van der Waals surface area contributed by atoms with Crippen molar-refractivity contribution in [2.45, 2.75) is 33.4 Å². The molecule has 2 amide bonds. The average molecular weight is 385 g/mol. The van der Waals surface area contributed by atoms with Gasteiger partial charge in [0.1, 0.15) is 6.04 Å². The predicted octanol–water partition coefficient (Wildman–Crippen LogP) is 2.20. The SMILES string of the molecule is CC1=C(C(=O)N2CCN(Cc3cccc(C)c3)C(=O)[C@H]2C)SC2=NCCN21. The van der Waals surface area contributed by atoms with Crippen LogP contribution in [0.5, 0.6) is 0 Å². The molecular formula is C20H24N4O2S. The molecule has 0 radical (unpaired) electrons. The van der Waals surface area contributed by atoms with E-state index in [1.807, 2.05) is 30.9 Å². The summed E-state index contributed by atoms with van der Waals surface area (Å²) in [5, 5.41) is 0.910. The standard InChI is InChI=1S/C20H24N4O2S/c1-13-5-4-6-16(11-13)12-22-9-10-23(15(3)18(22)25)19(26)17-14(2)24-8-7-21-20(24)27-17/h4-6,11,15H,7-10,12H2,1-3H3/t15-/m1/s1. The number of amidine groups is 1. The lowest BCUT2D eigenvalue weighted by molar-refractivity contribution is -0.149. The lowest BCUT2D eigenvalue weighted by atomic mass is 10.1. The summed E-state index contributed by atoms with van der Waals surface area (Å²) >= 11 is 1.44. The predicted molar refractivity (Wildman–Crippen MR) is 107 cm³/mol. The molecule has 4 rings (SSSR count). The Bertz CT molecular complexity index is 863. The molecule has 142 valence electrons. The molecule has 3 aliphatic rings. The molecular weight excluding hydrogens is 360 g/mol. The van der Waals surface area contributed by atoms with Gasteiger partial charge in [0.15, 0.2) is 5.17 Å². The Hall–Kier alpha value is -2.28. The van der Waals surface area contributed by atoms with Gasteiger partial charge in [-0.25, -0.2) is 0 Å². The Labute approximate surface area is 163 Å². The normalized spacial score (nSPS) is 22.5. The highest BCUT2D eigenvalue weighted by molar-refractivity contribution is 8.18. The number of thioether (sulfide) groups is 1. The number of carbonyl (C=O) groups is 2. The van der Waals surface area contributed by atoms with Crippen LogP contribution in [0.15, 0.2) is 39.9 Å². The molecule has 0 aromatic heterocycles. The Morgan fingerprint density at radius 2 is 2.07 bits per heavy atom. The number of carbonyl (C=O) groups excluding carboxylic acids is 2. The van der Waals surface area contributed by atoms with Crippen molar-refractivity contribution in [2.24, 2.45) is 4.99 Å². The van der Waals surface area contributed by atoms with E-state index >= 15 is 0 Å². The van der Waals surface area contributed by atoms with E-state index in [9.17, 15) is 9.59 Å². The summed E-state index contributed by atoms with van der Waals surface area (Å²) in [6.07, 6.45) is 0. The summed E-state index contributed by atoms with van der Waals surface area (Å²) in [4.78, 5) is 36.8. The van der Waals surface area contributed by atoms with Crippen LogP contribution in [0.2, 0.25) is 0 Å². The van der Waals surface area contributed by atoms with E-state index in [2.05, 4.69) is 28.9 Å². The number of allylic oxidation sites excluding steroid dienone is 1. The molecule has 0 aliphatic carbocycles. The molecule has 1 atom stereocenters. The zero-order valence-corrected chi connectivity index (χ0v) is 16.8. The molecule has 3 heterocycles. The highest BCUT2D eigenvalue weighted by Crippen LogP contribution is 2.37. The van der Waals surface area contributed by atoms with Crippen molar-refractivity contribution in [1.29, 1.82) is 0 Å². The first-order chi connectivity index (χ1) is 13.0. The summed E-state index contributed by atoms with van der Waals surface area (Å²) in [5.41, 5.74) is 3.27. The van der Waals surface area contributed by atoms with Crippen LogP contribution >= 0.6 is 11.8 Å². The van der Waals surface area contributed by atoms with E-state index in [1.165, 1.54) is 17.3 Å². The number of aryl methyl sites for hydroxylation is 1.